The second kappa shape index (κ2) is 4.80. The van der Waals surface area contributed by atoms with Gasteiger partial charge in [-0.3, -0.25) is 4.79 Å². The molecule has 1 aromatic heterocycles. The van der Waals surface area contributed by atoms with Crippen LogP contribution < -0.4 is 5.73 Å². The molecule has 2 aromatic rings. The number of fused-ring (bicyclic) bond motifs is 1. The van der Waals surface area contributed by atoms with Gasteiger partial charge in [-0.15, -0.1) is 0 Å². The molecule has 0 aliphatic rings. The molecule has 4 nitrogen and oxygen atoms in total. The Balaban J connectivity index is 2.45. The number of aliphatic carboxylic acids is 1. The third-order valence-corrected chi connectivity index (χ3v) is 3.63. The average Bonchev–Trinajstić information content (AvgIpc) is 2.61. The topological polar surface area (TPSA) is 79.1 Å². The second-order valence-electron chi connectivity index (χ2n) is 3.77. The first-order valence-corrected chi connectivity index (χ1v) is 6.51. The fraction of sp³-hybridized carbons (Fsp3) is 0.182. The number of carboxylic acid groups (broad SMARTS) is 1. The number of carbonyl (C=O) groups is 1. The zero-order chi connectivity index (χ0) is 12.6. The van der Waals surface area contributed by atoms with Crippen molar-refractivity contribution in [2.45, 2.75) is 12.5 Å². The number of halogens is 2. The van der Waals surface area contributed by atoms with E-state index in [-0.39, 0.29) is 0 Å². The van der Waals surface area contributed by atoms with Crippen LogP contribution in [-0.2, 0) is 11.2 Å². The number of hydrogen-bond acceptors (Lipinski definition) is 2. The number of carboxylic acids is 1. The monoisotopic (exact) mass is 360 g/mol. The molecule has 17 heavy (non-hydrogen) atoms. The van der Waals surface area contributed by atoms with Gasteiger partial charge in [-0.05, 0) is 33.6 Å². The zero-order valence-corrected chi connectivity index (χ0v) is 11.9. The van der Waals surface area contributed by atoms with Crippen LogP contribution in [0.4, 0.5) is 0 Å². The Hall–Kier alpha value is -0.850. The van der Waals surface area contributed by atoms with Gasteiger partial charge in [0, 0.05) is 26.9 Å². The van der Waals surface area contributed by atoms with Crippen LogP contribution in [0.25, 0.3) is 10.9 Å². The van der Waals surface area contributed by atoms with Crippen LogP contribution in [0.15, 0.2) is 27.3 Å². The number of nitrogens with two attached hydrogens (primary N) is 1. The first-order chi connectivity index (χ1) is 7.99. The minimum absolute atomic E-state index is 0.304. The van der Waals surface area contributed by atoms with Crippen molar-refractivity contribution < 1.29 is 9.90 Å². The van der Waals surface area contributed by atoms with E-state index in [1.807, 2.05) is 12.1 Å². The van der Waals surface area contributed by atoms with Gasteiger partial charge in [0.15, 0.2) is 0 Å². The molecule has 0 radical (unpaired) electrons. The number of H-pyrrole nitrogens is 1. The summed E-state index contributed by atoms with van der Waals surface area (Å²) in [7, 11) is 0. The minimum atomic E-state index is -0.992. The lowest BCUT2D eigenvalue weighted by Gasteiger charge is -2.05. The van der Waals surface area contributed by atoms with E-state index in [9.17, 15) is 4.79 Å². The summed E-state index contributed by atoms with van der Waals surface area (Å²) in [5.41, 5.74) is 7.38. The standard InChI is InChI=1S/C11H10Br2N2O2/c12-6-2-7-5(1-9(14)11(16)17)4-15-10(7)8(13)3-6/h2-4,9,15H,1,14H2,(H,16,17)/t9-/m0/s1. The van der Waals surface area contributed by atoms with Gasteiger partial charge in [-0.25, -0.2) is 0 Å². The molecule has 0 saturated carbocycles. The van der Waals surface area contributed by atoms with Gasteiger partial charge in [0.25, 0.3) is 0 Å². The molecule has 90 valence electrons. The lowest BCUT2D eigenvalue weighted by molar-refractivity contribution is -0.138. The van der Waals surface area contributed by atoms with Crippen molar-refractivity contribution in [2.75, 3.05) is 0 Å². The van der Waals surface area contributed by atoms with E-state index in [4.69, 9.17) is 10.8 Å². The molecule has 6 heteroatoms. The Morgan fingerprint density at radius 1 is 1.47 bits per heavy atom. The molecule has 0 saturated heterocycles. The third-order valence-electron chi connectivity index (χ3n) is 2.55. The SMILES string of the molecule is N[C@@H](Cc1c[nH]c2c(Br)cc(Br)cc12)C(=O)O. The summed E-state index contributed by atoms with van der Waals surface area (Å²) in [6.07, 6.45) is 2.10. The highest BCUT2D eigenvalue weighted by atomic mass is 79.9. The summed E-state index contributed by atoms with van der Waals surface area (Å²) in [6.45, 7) is 0. The summed E-state index contributed by atoms with van der Waals surface area (Å²) < 4.78 is 1.86. The minimum Gasteiger partial charge on any atom is -0.480 e. The van der Waals surface area contributed by atoms with Crippen molar-refractivity contribution >= 4 is 48.7 Å². The number of aromatic amines is 1. The van der Waals surface area contributed by atoms with E-state index in [0.29, 0.717) is 6.42 Å². The van der Waals surface area contributed by atoms with Crippen LogP contribution in [-0.4, -0.2) is 22.1 Å². The summed E-state index contributed by atoms with van der Waals surface area (Å²) in [6, 6.07) is 2.99. The summed E-state index contributed by atoms with van der Waals surface area (Å²) >= 11 is 6.85. The highest BCUT2D eigenvalue weighted by molar-refractivity contribution is 9.11. The summed E-state index contributed by atoms with van der Waals surface area (Å²) in [5, 5.41) is 9.78. The Labute approximate surface area is 114 Å². The largest absolute Gasteiger partial charge is 0.480 e. The number of aromatic nitrogens is 1. The maximum atomic E-state index is 10.7. The van der Waals surface area contributed by atoms with E-state index >= 15 is 0 Å². The van der Waals surface area contributed by atoms with Crippen LogP contribution in [0.3, 0.4) is 0 Å². The number of hydrogen-bond donors (Lipinski definition) is 3. The maximum Gasteiger partial charge on any atom is 0.320 e. The van der Waals surface area contributed by atoms with Crippen molar-refractivity contribution in [1.29, 1.82) is 0 Å². The molecule has 0 aliphatic heterocycles. The molecule has 2 rings (SSSR count). The van der Waals surface area contributed by atoms with E-state index in [1.54, 1.807) is 6.20 Å². The summed E-state index contributed by atoms with van der Waals surface area (Å²) in [5.74, 6) is -0.992. The van der Waals surface area contributed by atoms with Gasteiger partial charge in [-0.1, -0.05) is 15.9 Å². The van der Waals surface area contributed by atoms with E-state index in [2.05, 4.69) is 36.8 Å². The van der Waals surface area contributed by atoms with Gasteiger partial charge in [0.1, 0.15) is 6.04 Å². The van der Waals surface area contributed by atoms with Crippen molar-refractivity contribution in [1.82, 2.24) is 4.98 Å². The van der Waals surface area contributed by atoms with Crippen molar-refractivity contribution in [3.63, 3.8) is 0 Å². The molecule has 0 amide bonds. The number of rotatable bonds is 3. The van der Waals surface area contributed by atoms with Crippen LogP contribution in [0.2, 0.25) is 0 Å². The number of nitrogens with one attached hydrogen (secondary N) is 1. The first-order valence-electron chi connectivity index (χ1n) is 4.92. The van der Waals surface area contributed by atoms with E-state index in [1.165, 1.54) is 0 Å². The normalized spacial score (nSPS) is 12.9. The highest BCUT2D eigenvalue weighted by Gasteiger charge is 2.15. The van der Waals surface area contributed by atoms with Crippen LogP contribution in [0.1, 0.15) is 5.56 Å². The van der Waals surface area contributed by atoms with E-state index in [0.717, 1.165) is 25.4 Å². The molecular formula is C11H10Br2N2O2. The molecule has 4 N–H and O–H groups in total. The predicted molar refractivity (Wildman–Crippen MR) is 73.0 cm³/mol. The molecule has 0 fully saturated rings. The molecule has 1 heterocycles. The van der Waals surface area contributed by atoms with E-state index < -0.39 is 12.0 Å². The second-order valence-corrected chi connectivity index (χ2v) is 5.54. The Bertz CT molecular complexity index is 580. The Morgan fingerprint density at radius 3 is 2.82 bits per heavy atom. The van der Waals surface area contributed by atoms with Crippen molar-refractivity contribution in [2.24, 2.45) is 5.73 Å². The van der Waals surface area contributed by atoms with Crippen LogP contribution in [0.5, 0.6) is 0 Å². The van der Waals surface area contributed by atoms with Gasteiger partial charge in [0.2, 0.25) is 0 Å². The molecule has 0 unspecified atom stereocenters. The number of benzene rings is 1. The predicted octanol–water partition coefficient (Wildman–Crippen LogP) is 2.65. The van der Waals surface area contributed by atoms with Gasteiger partial charge in [0.05, 0.1) is 5.52 Å². The van der Waals surface area contributed by atoms with Gasteiger partial charge in [-0.2, -0.15) is 0 Å². The van der Waals surface area contributed by atoms with Crippen molar-refractivity contribution in [3.8, 4) is 0 Å². The van der Waals surface area contributed by atoms with Gasteiger partial charge >= 0.3 is 5.97 Å². The average molecular weight is 362 g/mol. The third kappa shape index (κ3) is 2.53. The Kier molecular flexibility index (Phi) is 3.56. The fourth-order valence-corrected chi connectivity index (χ4v) is 3.04. The maximum absolute atomic E-state index is 10.7. The zero-order valence-electron chi connectivity index (χ0n) is 8.71. The molecule has 1 aromatic carbocycles. The van der Waals surface area contributed by atoms with Crippen LogP contribution in [0, 0.1) is 0 Å². The molecule has 0 bridgehead atoms. The highest BCUT2D eigenvalue weighted by Crippen LogP contribution is 2.30. The van der Waals surface area contributed by atoms with Gasteiger partial charge < -0.3 is 15.8 Å². The quantitative estimate of drug-likeness (QED) is 0.786. The lowest BCUT2D eigenvalue weighted by Crippen LogP contribution is -2.32. The van der Waals surface area contributed by atoms with Crippen molar-refractivity contribution in [3.05, 3.63) is 32.8 Å². The molecule has 1 atom stereocenters. The first kappa shape index (κ1) is 12.6. The fourth-order valence-electron chi connectivity index (χ4n) is 1.70. The summed E-state index contributed by atoms with van der Waals surface area (Å²) in [4.78, 5) is 13.9. The lowest BCUT2D eigenvalue weighted by atomic mass is 10.1. The molecule has 0 aliphatic carbocycles. The molecular weight excluding hydrogens is 352 g/mol. The van der Waals surface area contributed by atoms with Crippen LogP contribution >= 0.6 is 31.9 Å². The smallest absolute Gasteiger partial charge is 0.320 e. The Morgan fingerprint density at radius 2 is 2.18 bits per heavy atom. The molecule has 0 spiro atoms.